The van der Waals surface area contributed by atoms with E-state index in [4.69, 9.17) is 0 Å². The molecule has 0 aliphatic carbocycles. The van der Waals surface area contributed by atoms with Crippen LogP contribution in [0.2, 0.25) is 0 Å². The Morgan fingerprint density at radius 3 is 2.41 bits per heavy atom. The minimum Gasteiger partial charge on any atom is -0.322 e. The molecule has 0 atom stereocenters. The van der Waals surface area contributed by atoms with E-state index in [1.54, 1.807) is 45.3 Å². The molecule has 1 aromatic heterocycles. The number of fused-ring (bicyclic) bond motifs is 1. The molecule has 1 amide bonds. The van der Waals surface area contributed by atoms with E-state index < -0.39 is 10.0 Å². The van der Waals surface area contributed by atoms with Gasteiger partial charge in [-0.25, -0.2) is 12.7 Å². The summed E-state index contributed by atoms with van der Waals surface area (Å²) in [5.74, 6) is -0.345. The number of carbonyl (C=O) groups is 1. The summed E-state index contributed by atoms with van der Waals surface area (Å²) >= 11 is 1.16. The van der Waals surface area contributed by atoms with Crippen molar-refractivity contribution in [1.29, 1.82) is 0 Å². The maximum absolute atomic E-state index is 12.7. The second kappa shape index (κ2) is 9.17. The molecule has 7 nitrogen and oxygen atoms in total. The molecule has 32 heavy (non-hydrogen) atoms. The zero-order valence-electron chi connectivity index (χ0n) is 18.2. The van der Waals surface area contributed by atoms with Gasteiger partial charge in [-0.3, -0.25) is 14.2 Å². The fraction of sp³-hybridized carbons (Fsp3) is 0.391. The second-order valence-corrected chi connectivity index (χ2v) is 11.3. The van der Waals surface area contributed by atoms with Gasteiger partial charge in [0.25, 0.3) is 5.91 Å². The molecule has 1 N–H and O–H groups in total. The Morgan fingerprint density at radius 2 is 1.75 bits per heavy atom. The number of anilines is 1. The van der Waals surface area contributed by atoms with Gasteiger partial charge in [-0.2, -0.15) is 0 Å². The molecule has 170 valence electrons. The molecule has 0 radical (unpaired) electrons. The number of hydrogen-bond donors (Lipinski definition) is 1. The third-order valence-electron chi connectivity index (χ3n) is 5.66. The van der Waals surface area contributed by atoms with Gasteiger partial charge in [0.05, 0.1) is 16.0 Å². The molecule has 2 heterocycles. The molecule has 9 heteroatoms. The molecule has 3 aromatic rings. The molecule has 1 aliphatic rings. The summed E-state index contributed by atoms with van der Waals surface area (Å²) < 4.78 is 29.3. The van der Waals surface area contributed by atoms with E-state index in [0.29, 0.717) is 29.9 Å². The standard InChI is InChI=1S/C23H27N3O4S2/c1-16(2)26-20-11-10-19(14-21(20)31-23(26)28)24-22(27)18-8-6-17(7-9-18)15-32(29,30)25-12-4-3-5-13-25/h6-11,14,16H,3-5,12-13,15H2,1-2H3,(H,24,27). The number of amides is 1. The average Bonchev–Trinajstić information content (AvgIpc) is 3.09. The van der Waals surface area contributed by atoms with Crippen LogP contribution < -0.4 is 10.2 Å². The van der Waals surface area contributed by atoms with Gasteiger partial charge >= 0.3 is 4.87 Å². The number of benzene rings is 2. The maximum atomic E-state index is 12.7. The van der Waals surface area contributed by atoms with Crippen molar-refractivity contribution >= 4 is 43.2 Å². The maximum Gasteiger partial charge on any atom is 0.308 e. The van der Waals surface area contributed by atoms with Gasteiger partial charge < -0.3 is 5.32 Å². The molecule has 0 bridgehead atoms. The summed E-state index contributed by atoms with van der Waals surface area (Å²) in [6.07, 6.45) is 2.89. The predicted molar refractivity (Wildman–Crippen MR) is 129 cm³/mol. The first kappa shape index (κ1) is 22.7. The van der Waals surface area contributed by atoms with Crippen LogP contribution in [0.1, 0.15) is 55.1 Å². The summed E-state index contributed by atoms with van der Waals surface area (Å²) in [6.45, 7) is 5.10. The summed E-state index contributed by atoms with van der Waals surface area (Å²) in [4.78, 5) is 24.9. The number of hydrogen-bond acceptors (Lipinski definition) is 5. The van der Waals surface area contributed by atoms with Crippen LogP contribution in [0.4, 0.5) is 5.69 Å². The predicted octanol–water partition coefficient (Wildman–Crippen LogP) is 4.21. The Labute approximate surface area is 191 Å². The molecular weight excluding hydrogens is 446 g/mol. The van der Waals surface area contributed by atoms with Crippen molar-refractivity contribution in [3.05, 3.63) is 63.3 Å². The molecule has 2 aromatic carbocycles. The summed E-state index contributed by atoms with van der Waals surface area (Å²) in [6, 6.07) is 12.2. The van der Waals surface area contributed by atoms with Crippen molar-refractivity contribution in [3.8, 4) is 0 Å². The van der Waals surface area contributed by atoms with E-state index in [2.05, 4.69) is 5.32 Å². The summed E-state index contributed by atoms with van der Waals surface area (Å²) in [7, 11) is -3.34. The van der Waals surface area contributed by atoms with Gasteiger partial charge in [0, 0.05) is 30.4 Å². The number of piperidine rings is 1. The lowest BCUT2D eigenvalue weighted by Crippen LogP contribution is -2.36. The van der Waals surface area contributed by atoms with Crippen LogP contribution in [-0.2, 0) is 15.8 Å². The first-order valence-corrected chi connectivity index (χ1v) is 13.2. The number of nitrogens with one attached hydrogen (secondary N) is 1. The van der Waals surface area contributed by atoms with E-state index in [9.17, 15) is 18.0 Å². The first-order valence-electron chi connectivity index (χ1n) is 10.8. The highest BCUT2D eigenvalue weighted by Crippen LogP contribution is 2.24. The molecule has 4 rings (SSSR count). The van der Waals surface area contributed by atoms with E-state index in [1.165, 1.54) is 0 Å². The Bertz CT molecular complexity index is 1290. The van der Waals surface area contributed by atoms with Crippen LogP contribution in [0.3, 0.4) is 0 Å². The zero-order valence-corrected chi connectivity index (χ0v) is 19.8. The van der Waals surface area contributed by atoms with Crippen LogP contribution >= 0.6 is 11.3 Å². The quantitative estimate of drug-likeness (QED) is 0.581. The number of thiazole rings is 1. The van der Waals surface area contributed by atoms with Gasteiger partial charge in [-0.05, 0) is 62.6 Å². The highest BCUT2D eigenvalue weighted by atomic mass is 32.2. The monoisotopic (exact) mass is 473 g/mol. The third-order valence-corrected chi connectivity index (χ3v) is 8.43. The van der Waals surface area contributed by atoms with Crippen molar-refractivity contribution in [1.82, 2.24) is 8.87 Å². The molecule has 0 unspecified atom stereocenters. The van der Waals surface area contributed by atoms with E-state index in [-0.39, 0.29) is 22.6 Å². The Balaban J connectivity index is 1.45. The van der Waals surface area contributed by atoms with Crippen molar-refractivity contribution in [3.63, 3.8) is 0 Å². The summed E-state index contributed by atoms with van der Waals surface area (Å²) in [5, 5.41) is 2.86. The van der Waals surface area contributed by atoms with Crippen LogP contribution in [0, 0.1) is 0 Å². The van der Waals surface area contributed by atoms with E-state index >= 15 is 0 Å². The van der Waals surface area contributed by atoms with Crippen molar-refractivity contribution in [2.75, 3.05) is 18.4 Å². The number of rotatable bonds is 6. The number of carbonyl (C=O) groups excluding carboxylic acids is 1. The minimum atomic E-state index is -3.34. The number of aromatic nitrogens is 1. The van der Waals surface area contributed by atoms with E-state index in [0.717, 1.165) is 40.8 Å². The Morgan fingerprint density at radius 1 is 1.06 bits per heavy atom. The van der Waals surface area contributed by atoms with Crippen LogP contribution in [0.15, 0.2) is 47.3 Å². The lowest BCUT2D eigenvalue weighted by atomic mass is 10.1. The zero-order chi connectivity index (χ0) is 22.9. The van der Waals surface area contributed by atoms with Gasteiger partial charge in [-0.15, -0.1) is 0 Å². The SMILES string of the molecule is CC(C)n1c(=O)sc2cc(NC(=O)c3ccc(CS(=O)(=O)N4CCCCC4)cc3)ccc21. The van der Waals surface area contributed by atoms with Gasteiger partial charge in [0.1, 0.15) is 0 Å². The largest absolute Gasteiger partial charge is 0.322 e. The smallest absolute Gasteiger partial charge is 0.308 e. The molecular formula is C23H27N3O4S2. The van der Waals surface area contributed by atoms with Gasteiger partial charge in [0.15, 0.2) is 0 Å². The molecule has 0 spiro atoms. The first-order chi connectivity index (χ1) is 15.2. The third kappa shape index (κ3) is 4.79. The summed E-state index contributed by atoms with van der Waals surface area (Å²) in [5.41, 5.74) is 2.56. The lowest BCUT2D eigenvalue weighted by Gasteiger charge is -2.25. The van der Waals surface area contributed by atoms with Crippen LogP contribution in [0.5, 0.6) is 0 Å². The molecule has 1 aliphatic heterocycles. The highest BCUT2D eigenvalue weighted by molar-refractivity contribution is 7.88. The van der Waals surface area contributed by atoms with Crippen LogP contribution in [0.25, 0.3) is 10.2 Å². The van der Waals surface area contributed by atoms with Gasteiger partial charge in [-0.1, -0.05) is 29.9 Å². The van der Waals surface area contributed by atoms with Crippen molar-refractivity contribution < 1.29 is 13.2 Å². The van der Waals surface area contributed by atoms with E-state index in [1.807, 2.05) is 19.9 Å². The minimum absolute atomic E-state index is 0.0198. The van der Waals surface area contributed by atoms with Gasteiger partial charge in [0.2, 0.25) is 10.0 Å². The Hall–Kier alpha value is -2.49. The fourth-order valence-electron chi connectivity index (χ4n) is 4.00. The Kier molecular flexibility index (Phi) is 6.50. The lowest BCUT2D eigenvalue weighted by molar-refractivity contribution is 0.102. The van der Waals surface area contributed by atoms with Crippen molar-refractivity contribution in [2.24, 2.45) is 0 Å². The second-order valence-electron chi connectivity index (χ2n) is 8.38. The molecule has 1 saturated heterocycles. The molecule has 1 fully saturated rings. The fourth-order valence-corrected chi connectivity index (χ4v) is 6.67. The topological polar surface area (TPSA) is 88.5 Å². The average molecular weight is 474 g/mol. The number of nitrogens with zero attached hydrogens (tertiary/aromatic N) is 2. The van der Waals surface area contributed by atoms with Crippen molar-refractivity contribution in [2.45, 2.75) is 44.9 Å². The highest BCUT2D eigenvalue weighted by Gasteiger charge is 2.24. The normalized spacial score (nSPS) is 15.3. The number of sulfonamides is 1. The molecule has 0 saturated carbocycles. The van der Waals surface area contributed by atoms with Crippen LogP contribution in [-0.4, -0.2) is 36.3 Å².